The molecule has 2 heterocycles. The minimum atomic E-state index is -0.506. The molecule has 2 aliphatic heterocycles. The molecule has 0 amide bonds. The van der Waals surface area contributed by atoms with Gasteiger partial charge in [0.25, 0.3) is 0 Å². The predicted molar refractivity (Wildman–Crippen MR) is 96.8 cm³/mol. The zero-order chi connectivity index (χ0) is 16.2. The van der Waals surface area contributed by atoms with Crippen LogP contribution in [-0.4, -0.2) is 10.8 Å². The molecule has 2 aliphatic rings. The minimum Gasteiger partial charge on any atom is -0.467 e. The largest absolute Gasteiger partial charge is 0.467 e. The lowest BCUT2D eigenvalue weighted by molar-refractivity contribution is -0.00324. The maximum atomic E-state index is 6.49. The molecule has 2 bridgehead atoms. The Bertz CT molecular complexity index is 790. The highest BCUT2D eigenvalue weighted by molar-refractivity contribution is 7.80. The zero-order valence-corrected chi connectivity index (χ0v) is 14.4. The van der Waals surface area contributed by atoms with Gasteiger partial charge in [0.1, 0.15) is 5.75 Å². The third kappa shape index (κ3) is 1.98. The summed E-state index contributed by atoms with van der Waals surface area (Å²) in [6, 6.07) is 16.7. The summed E-state index contributed by atoms with van der Waals surface area (Å²) in [7, 11) is 0. The molecule has 118 valence electrons. The van der Waals surface area contributed by atoms with Gasteiger partial charge in [0.2, 0.25) is 0 Å². The van der Waals surface area contributed by atoms with Crippen LogP contribution in [0.4, 0.5) is 5.69 Å². The summed E-state index contributed by atoms with van der Waals surface area (Å²) >= 11 is 5.71. The lowest BCUT2D eigenvalue weighted by Crippen LogP contribution is -2.69. The molecule has 4 rings (SSSR count). The van der Waals surface area contributed by atoms with Gasteiger partial charge >= 0.3 is 0 Å². The Kier molecular flexibility index (Phi) is 3.13. The Hall–Kier alpha value is -2.07. The Morgan fingerprint density at radius 1 is 1.13 bits per heavy atom. The van der Waals surface area contributed by atoms with Crippen molar-refractivity contribution in [2.75, 3.05) is 4.90 Å². The van der Waals surface area contributed by atoms with Gasteiger partial charge in [-0.1, -0.05) is 43.3 Å². The van der Waals surface area contributed by atoms with Crippen molar-refractivity contribution in [2.45, 2.75) is 32.5 Å². The highest BCUT2D eigenvalue weighted by atomic mass is 32.1. The van der Waals surface area contributed by atoms with E-state index >= 15 is 0 Å². The van der Waals surface area contributed by atoms with Gasteiger partial charge in [0.15, 0.2) is 10.8 Å². The third-order valence-corrected chi connectivity index (χ3v) is 5.50. The molecule has 2 aromatic carbocycles. The van der Waals surface area contributed by atoms with Gasteiger partial charge in [-0.25, -0.2) is 0 Å². The van der Waals surface area contributed by atoms with Gasteiger partial charge in [-0.2, -0.15) is 0 Å². The summed E-state index contributed by atoms with van der Waals surface area (Å²) in [5, 5.41) is 4.25. The monoisotopic (exact) mass is 324 g/mol. The summed E-state index contributed by atoms with van der Waals surface area (Å²) < 4.78 is 6.49. The van der Waals surface area contributed by atoms with Gasteiger partial charge in [-0.05, 0) is 43.8 Å². The van der Waals surface area contributed by atoms with E-state index in [9.17, 15) is 0 Å². The van der Waals surface area contributed by atoms with Crippen LogP contribution in [0.2, 0.25) is 0 Å². The average molecular weight is 324 g/mol. The lowest BCUT2D eigenvalue weighted by atomic mass is 9.80. The second kappa shape index (κ2) is 4.96. The molecule has 3 atom stereocenters. The highest BCUT2D eigenvalue weighted by Crippen LogP contribution is 2.49. The highest BCUT2D eigenvalue weighted by Gasteiger charge is 2.53. The molecular weight excluding hydrogens is 304 g/mol. The van der Waals surface area contributed by atoms with E-state index in [1.165, 1.54) is 11.1 Å². The van der Waals surface area contributed by atoms with Crippen LogP contribution in [0.1, 0.15) is 31.0 Å². The van der Waals surface area contributed by atoms with Gasteiger partial charge < -0.3 is 10.1 Å². The van der Waals surface area contributed by atoms with E-state index in [1.807, 2.05) is 24.3 Å². The first-order valence-electron chi connectivity index (χ1n) is 7.96. The maximum Gasteiger partial charge on any atom is 0.190 e. The molecule has 3 nitrogen and oxygen atoms in total. The van der Waals surface area contributed by atoms with Crippen molar-refractivity contribution in [3.63, 3.8) is 0 Å². The maximum absolute atomic E-state index is 6.49. The standard InChI is InChI=1S/C19H20N2OS/c1-12-8-4-6-10-15(12)21-18(23)20-17-13(2)19(21,3)22-16-11-7-5-9-14(16)17/h4-11,13,17H,1-3H3,(H,20,23)/t13-,17+,19-/m0/s1. The Morgan fingerprint density at radius 2 is 1.83 bits per heavy atom. The number of hydrogen-bond acceptors (Lipinski definition) is 2. The Morgan fingerprint density at radius 3 is 2.61 bits per heavy atom. The molecule has 2 aromatic rings. The predicted octanol–water partition coefficient (Wildman–Crippen LogP) is 4.18. The topological polar surface area (TPSA) is 24.5 Å². The summed E-state index contributed by atoms with van der Waals surface area (Å²) in [4.78, 5) is 2.13. The van der Waals surface area contributed by atoms with E-state index in [-0.39, 0.29) is 12.0 Å². The fourth-order valence-corrected chi connectivity index (χ4v) is 4.15. The number of nitrogens with one attached hydrogen (secondary N) is 1. The van der Waals surface area contributed by atoms with E-state index in [2.05, 4.69) is 55.3 Å². The van der Waals surface area contributed by atoms with E-state index in [4.69, 9.17) is 17.0 Å². The fourth-order valence-electron chi connectivity index (χ4n) is 3.74. The molecule has 1 fully saturated rings. The quantitative estimate of drug-likeness (QED) is 0.796. The molecule has 0 unspecified atom stereocenters. The Labute approximate surface area is 142 Å². The molecule has 4 heteroatoms. The normalized spacial score (nSPS) is 28.7. The van der Waals surface area contributed by atoms with Crippen molar-refractivity contribution in [3.05, 3.63) is 59.7 Å². The van der Waals surface area contributed by atoms with Crippen LogP contribution in [-0.2, 0) is 0 Å². The molecule has 1 N–H and O–H groups in total. The SMILES string of the molecule is Cc1ccccc1N1C(=S)N[C@H]2c3ccccc3O[C@@]1(C)[C@H]2C. The fraction of sp³-hybridized carbons (Fsp3) is 0.316. The zero-order valence-electron chi connectivity index (χ0n) is 13.5. The molecule has 0 aliphatic carbocycles. The Balaban J connectivity index is 1.89. The number of fused-ring (bicyclic) bond motifs is 4. The first-order chi connectivity index (χ1) is 11.0. The number of nitrogens with zero attached hydrogens (tertiary/aromatic N) is 1. The molecule has 1 saturated heterocycles. The number of para-hydroxylation sites is 2. The summed E-state index contributed by atoms with van der Waals surface area (Å²) in [5.41, 5.74) is 2.96. The summed E-state index contributed by atoms with van der Waals surface area (Å²) in [5.74, 6) is 1.19. The number of hydrogen-bond donors (Lipinski definition) is 1. The lowest BCUT2D eigenvalue weighted by Gasteiger charge is -2.56. The smallest absolute Gasteiger partial charge is 0.190 e. The van der Waals surface area contributed by atoms with E-state index in [0.717, 1.165) is 16.5 Å². The number of aryl methyl sites for hydroxylation is 1. The first kappa shape index (κ1) is 14.5. The van der Waals surface area contributed by atoms with Crippen molar-refractivity contribution in [1.29, 1.82) is 0 Å². The van der Waals surface area contributed by atoms with Crippen molar-refractivity contribution < 1.29 is 4.74 Å². The second-order valence-electron chi connectivity index (χ2n) is 6.53. The van der Waals surface area contributed by atoms with Crippen LogP contribution in [0.5, 0.6) is 5.75 Å². The molecule has 0 radical (unpaired) electrons. The van der Waals surface area contributed by atoms with Crippen LogP contribution in [0.25, 0.3) is 0 Å². The van der Waals surface area contributed by atoms with Gasteiger partial charge in [0, 0.05) is 17.2 Å². The van der Waals surface area contributed by atoms with Crippen LogP contribution in [0.3, 0.4) is 0 Å². The van der Waals surface area contributed by atoms with Crippen LogP contribution in [0.15, 0.2) is 48.5 Å². The average Bonchev–Trinajstić information content (AvgIpc) is 2.52. The molecule has 0 aromatic heterocycles. The molecule has 23 heavy (non-hydrogen) atoms. The summed E-state index contributed by atoms with van der Waals surface area (Å²) in [6.45, 7) is 6.47. The first-order valence-corrected chi connectivity index (χ1v) is 8.37. The van der Waals surface area contributed by atoms with Crippen LogP contribution < -0.4 is 15.0 Å². The van der Waals surface area contributed by atoms with E-state index in [1.54, 1.807) is 0 Å². The van der Waals surface area contributed by atoms with Crippen molar-refractivity contribution in [2.24, 2.45) is 5.92 Å². The number of anilines is 1. The van der Waals surface area contributed by atoms with Gasteiger partial charge in [-0.3, -0.25) is 4.90 Å². The van der Waals surface area contributed by atoms with Crippen LogP contribution in [0, 0.1) is 12.8 Å². The number of benzene rings is 2. The summed E-state index contributed by atoms with van der Waals surface area (Å²) in [6.07, 6.45) is 0. The minimum absolute atomic E-state index is 0.178. The second-order valence-corrected chi connectivity index (χ2v) is 6.92. The number of thiocarbonyl (C=S) groups is 1. The third-order valence-electron chi connectivity index (χ3n) is 5.20. The van der Waals surface area contributed by atoms with Crippen molar-refractivity contribution in [3.8, 4) is 5.75 Å². The van der Waals surface area contributed by atoms with Crippen LogP contribution >= 0.6 is 12.2 Å². The van der Waals surface area contributed by atoms with Gasteiger partial charge in [-0.15, -0.1) is 0 Å². The van der Waals surface area contributed by atoms with Crippen molar-refractivity contribution >= 4 is 23.0 Å². The van der Waals surface area contributed by atoms with E-state index in [0.29, 0.717) is 0 Å². The van der Waals surface area contributed by atoms with Gasteiger partial charge in [0.05, 0.1) is 6.04 Å². The number of rotatable bonds is 1. The number of ether oxygens (including phenoxy) is 1. The molecular formula is C19H20N2OS. The van der Waals surface area contributed by atoms with Crippen molar-refractivity contribution in [1.82, 2.24) is 5.32 Å². The molecule has 0 spiro atoms. The molecule has 0 saturated carbocycles. The van der Waals surface area contributed by atoms with E-state index < -0.39 is 5.72 Å².